The molecule has 1 aliphatic carbocycles. The van der Waals surface area contributed by atoms with Crippen molar-refractivity contribution in [2.75, 3.05) is 25.0 Å². The van der Waals surface area contributed by atoms with E-state index in [0.717, 1.165) is 57.4 Å². The zero-order valence-corrected chi connectivity index (χ0v) is 14.2. The molecule has 0 radical (unpaired) electrons. The van der Waals surface area contributed by atoms with Gasteiger partial charge in [-0.1, -0.05) is 18.6 Å². The first kappa shape index (κ1) is 17.0. The molecule has 0 atom stereocenters. The van der Waals surface area contributed by atoms with Crippen LogP contribution in [-0.4, -0.2) is 36.3 Å². The second-order valence-corrected chi connectivity index (χ2v) is 7.08. The zero-order chi connectivity index (χ0) is 16.9. The molecule has 1 aliphatic heterocycles. The molecule has 0 spiro atoms. The standard InChI is InChI=1S/C19H27N3O2/c20-18(23)15-9-12-22(13-10-15)11-8-14-4-6-17(7-5-14)21-19(24)16-2-1-3-16/h4-7,15-16H,1-3,8-13H2,(H2,20,23)(H,21,24). The molecule has 0 unspecified atom stereocenters. The molecule has 1 aromatic carbocycles. The van der Waals surface area contributed by atoms with Gasteiger partial charge in [0.15, 0.2) is 0 Å². The van der Waals surface area contributed by atoms with Crippen molar-refractivity contribution in [1.82, 2.24) is 4.90 Å². The van der Waals surface area contributed by atoms with E-state index in [1.54, 1.807) is 0 Å². The van der Waals surface area contributed by atoms with E-state index in [2.05, 4.69) is 22.3 Å². The summed E-state index contributed by atoms with van der Waals surface area (Å²) in [6.07, 6.45) is 5.96. The molecular weight excluding hydrogens is 302 g/mol. The van der Waals surface area contributed by atoms with Crippen molar-refractivity contribution in [2.45, 2.75) is 38.5 Å². The summed E-state index contributed by atoms with van der Waals surface area (Å²) in [6.45, 7) is 2.89. The smallest absolute Gasteiger partial charge is 0.227 e. The van der Waals surface area contributed by atoms with Gasteiger partial charge < -0.3 is 16.0 Å². The summed E-state index contributed by atoms with van der Waals surface area (Å²) < 4.78 is 0. The molecule has 2 amide bonds. The number of amides is 2. The Labute approximate surface area is 143 Å². The number of nitrogens with one attached hydrogen (secondary N) is 1. The topological polar surface area (TPSA) is 75.4 Å². The van der Waals surface area contributed by atoms with Gasteiger partial charge in [-0.2, -0.15) is 0 Å². The van der Waals surface area contributed by atoms with Crippen LogP contribution in [-0.2, 0) is 16.0 Å². The lowest BCUT2D eigenvalue weighted by Gasteiger charge is -2.30. The Morgan fingerprint density at radius 3 is 2.25 bits per heavy atom. The fourth-order valence-electron chi connectivity index (χ4n) is 3.40. The SMILES string of the molecule is NC(=O)C1CCN(CCc2ccc(NC(=O)C3CCC3)cc2)CC1. The molecule has 24 heavy (non-hydrogen) atoms. The molecule has 1 saturated heterocycles. The maximum atomic E-state index is 11.9. The highest BCUT2D eigenvalue weighted by molar-refractivity contribution is 5.93. The highest BCUT2D eigenvalue weighted by Gasteiger charge is 2.25. The van der Waals surface area contributed by atoms with Crippen LogP contribution in [0.4, 0.5) is 5.69 Å². The van der Waals surface area contributed by atoms with E-state index in [1.165, 1.54) is 12.0 Å². The van der Waals surface area contributed by atoms with E-state index in [0.29, 0.717) is 0 Å². The lowest BCUT2D eigenvalue weighted by Crippen LogP contribution is -2.39. The average Bonchev–Trinajstić information content (AvgIpc) is 2.53. The fraction of sp³-hybridized carbons (Fsp3) is 0.579. The minimum Gasteiger partial charge on any atom is -0.369 e. The van der Waals surface area contributed by atoms with Gasteiger partial charge in [-0.25, -0.2) is 0 Å². The molecule has 1 saturated carbocycles. The van der Waals surface area contributed by atoms with Gasteiger partial charge in [0.2, 0.25) is 11.8 Å². The third-order valence-electron chi connectivity index (χ3n) is 5.40. The number of primary amides is 1. The van der Waals surface area contributed by atoms with Crippen LogP contribution in [0.15, 0.2) is 24.3 Å². The Balaban J connectivity index is 1.41. The van der Waals surface area contributed by atoms with E-state index in [-0.39, 0.29) is 23.7 Å². The lowest BCUT2D eigenvalue weighted by molar-refractivity contribution is -0.123. The molecule has 130 valence electrons. The number of benzene rings is 1. The Morgan fingerprint density at radius 1 is 1.04 bits per heavy atom. The fourth-order valence-corrected chi connectivity index (χ4v) is 3.40. The van der Waals surface area contributed by atoms with Crippen molar-refractivity contribution in [1.29, 1.82) is 0 Å². The Hall–Kier alpha value is -1.88. The minimum absolute atomic E-state index is 0.0554. The molecule has 0 bridgehead atoms. The first-order chi connectivity index (χ1) is 11.6. The van der Waals surface area contributed by atoms with Crippen LogP contribution >= 0.6 is 0 Å². The molecule has 1 heterocycles. The number of hydrogen-bond acceptors (Lipinski definition) is 3. The van der Waals surface area contributed by atoms with E-state index in [1.807, 2.05) is 12.1 Å². The Bertz CT molecular complexity index is 573. The summed E-state index contributed by atoms with van der Waals surface area (Å²) in [5, 5.41) is 3.00. The van der Waals surface area contributed by atoms with Crippen LogP contribution in [0.3, 0.4) is 0 Å². The molecule has 1 aromatic rings. The van der Waals surface area contributed by atoms with Crippen LogP contribution in [0, 0.1) is 11.8 Å². The van der Waals surface area contributed by atoms with E-state index in [9.17, 15) is 9.59 Å². The van der Waals surface area contributed by atoms with Gasteiger partial charge >= 0.3 is 0 Å². The van der Waals surface area contributed by atoms with E-state index in [4.69, 9.17) is 5.73 Å². The Morgan fingerprint density at radius 2 is 1.71 bits per heavy atom. The quantitative estimate of drug-likeness (QED) is 0.840. The number of likely N-dealkylation sites (tertiary alicyclic amines) is 1. The second kappa shape index (κ2) is 7.79. The number of anilines is 1. The minimum atomic E-state index is -0.158. The highest BCUT2D eigenvalue weighted by Crippen LogP contribution is 2.27. The number of carbonyl (C=O) groups excluding carboxylic acids is 2. The van der Waals surface area contributed by atoms with Crippen molar-refractivity contribution < 1.29 is 9.59 Å². The van der Waals surface area contributed by atoms with Crippen molar-refractivity contribution in [3.63, 3.8) is 0 Å². The predicted octanol–water partition coefficient (Wildman–Crippen LogP) is 2.16. The normalized spacial score (nSPS) is 19.7. The van der Waals surface area contributed by atoms with Crippen molar-refractivity contribution in [2.24, 2.45) is 17.6 Å². The molecule has 3 N–H and O–H groups in total. The summed E-state index contributed by atoms with van der Waals surface area (Å²) in [5.41, 5.74) is 7.53. The zero-order valence-electron chi connectivity index (χ0n) is 14.2. The maximum absolute atomic E-state index is 11.9. The highest BCUT2D eigenvalue weighted by atomic mass is 16.2. The van der Waals surface area contributed by atoms with Gasteiger partial charge in [0.1, 0.15) is 0 Å². The Kier molecular flexibility index (Phi) is 5.51. The molecule has 0 aromatic heterocycles. The van der Waals surface area contributed by atoms with Crippen molar-refractivity contribution >= 4 is 17.5 Å². The number of rotatable bonds is 6. The predicted molar refractivity (Wildman–Crippen MR) is 94.5 cm³/mol. The van der Waals surface area contributed by atoms with Crippen LogP contribution in [0.2, 0.25) is 0 Å². The van der Waals surface area contributed by atoms with Gasteiger partial charge in [-0.3, -0.25) is 9.59 Å². The van der Waals surface area contributed by atoms with Crippen LogP contribution in [0.1, 0.15) is 37.7 Å². The van der Waals surface area contributed by atoms with Gasteiger partial charge in [-0.05, 0) is 62.9 Å². The first-order valence-electron chi connectivity index (χ1n) is 9.03. The molecule has 2 fully saturated rings. The molecule has 5 nitrogen and oxygen atoms in total. The van der Waals surface area contributed by atoms with E-state index >= 15 is 0 Å². The molecule has 5 heteroatoms. The van der Waals surface area contributed by atoms with Crippen LogP contribution < -0.4 is 11.1 Å². The number of piperidine rings is 1. The third-order valence-corrected chi connectivity index (χ3v) is 5.40. The van der Waals surface area contributed by atoms with Crippen LogP contribution in [0.5, 0.6) is 0 Å². The monoisotopic (exact) mass is 329 g/mol. The summed E-state index contributed by atoms with van der Waals surface area (Å²) in [5.74, 6) is 0.272. The first-order valence-corrected chi connectivity index (χ1v) is 9.03. The summed E-state index contributed by atoms with van der Waals surface area (Å²) in [4.78, 5) is 25.5. The number of nitrogens with two attached hydrogens (primary N) is 1. The van der Waals surface area contributed by atoms with E-state index < -0.39 is 0 Å². The van der Waals surface area contributed by atoms with Crippen molar-refractivity contribution in [3.05, 3.63) is 29.8 Å². The van der Waals surface area contributed by atoms with Gasteiger partial charge in [0.25, 0.3) is 0 Å². The number of nitrogens with zero attached hydrogens (tertiary/aromatic N) is 1. The summed E-state index contributed by atoms with van der Waals surface area (Å²) in [6, 6.07) is 8.16. The summed E-state index contributed by atoms with van der Waals surface area (Å²) >= 11 is 0. The molecular formula is C19H27N3O2. The lowest BCUT2D eigenvalue weighted by atomic mass is 9.85. The van der Waals surface area contributed by atoms with Crippen LogP contribution in [0.25, 0.3) is 0 Å². The summed E-state index contributed by atoms with van der Waals surface area (Å²) in [7, 11) is 0. The largest absolute Gasteiger partial charge is 0.369 e. The van der Waals surface area contributed by atoms with Crippen molar-refractivity contribution in [3.8, 4) is 0 Å². The molecule has 2 aliphatic rings. The number of carbonyl (C=O) groups is 2. The van der Waals surface area contributed by atoms with Gasteiger partial charge in [0, 0.05) is 24.1 Å². The molecule has 3 rings (SSSR count). The second-order valence-electron chi connectivity index (χ2n) is 7.08. The van der Waals surface area contributed by atoms with Gasteiger partial charge in [-0.15, -0.1) is 0 Å². The van der Waals surface area contributed by atoms with Gasteiger partial charge in [0.05, 0.1) is 0 Å². The number of hydrogen-bond donors (Lipinski definition) is 2. The maximum Gasteiger partial charge on any atom is 0.227 e. The third kappa shape index (κ3) is 4.35. The average molecular weight is 329 g/mol.